The summed E-state index contributed by atoms with van der Waals surface area (Å²) < 4.78 is 4.70. The van der Waals surface area contributed by atoms with Gasteiger partial charge in [0.25, 0.3) is 0 Å². The largest absolute Gasteiger partial charge is 0.465 e. The Morgan fingerprint density at radius 3 is 1.88 bits per heavy atom. The van der Waals surface area contributed by atoms with Crippen molar-refractivity contribution >= 4 is 12.0 Å². The monoisotopic (exact) mass is 344 g/mol. The molecule has 0 radical (unpaired) electrons. The summed E-state index contributed by atoms with van der Waals surface area (Å²) in [7, 11) is 1.41. The summed E-state index contributed by atoms with van der Waals surface area (Å²) >= 11 is 0. The molecule has 1 aromatic rings. The molecule has 0 atom stereocenters. The van der Waals surface area contributed by atoms with Gasteiger partial charge in [-0.3, -0.25) is 0 Å². The van der Waals surface area contributed by atoms with E-state index >= 15 is 0 Å². The van der Waals surface area contributed by atoms with E-state index in [4.69, 9.17) is 4.74 Å². The van der Waals surface area contributed by atoms with Crippen LogP contribution in [0.25, 0.3) is 6.08 Å². The van der Waals surface area contributed by atoms with Crippen LogP contribution in [-0.2, 0) is 4.74 Å². The zero-order valence-electron chi connectivity index (χ0n) is 16.3. The predicted octanol–water partition coefficient (Wildman–Crippen LogP) is 7.19. The van der Waals surface area contributed by atoms with Crippen molar-refractivity contribution in [1.29, 1.82) is 0 Å². The summed E-state index contributed by atoms with van der Waals surface area (Å²) in [5.74, 6) is -0.281. The molecular formula is C23H36O2. The number of hydrogen-bond donors (Lipinski definition) is 0. The van der Waals surface area contributed by atoms with Crippen LogP contribution in [0.5, 0.6) is 0 Å². The standard InChI is InChI=1S/C23H36O2/c1-3-4-5-6-7-8-9-10-11-12-13-14-15-16-21-17-19-22(20-18-21)23(24)25-2/h15-20H,3-14H2,1-2H3. The third-order valence-corrected chi connectivity index (χ3v) is 4.62. The molecule has 0 aliphatic heterocycles. The third-order valence-electron chi connectivity index (χ3n) is 4.62. The molecule has 0 aliphatic carbocycles. The Morgan fingerprint density at radius 1 is 0.840 bits per heavy atom. The topological polar surface area (TPSA) is 26.3 Å². The number of carbonyl (C=O) groups excluding carboxylic acids is 1. The van der Waals surface area contributed by atoms with E-state index in [-0.39, 0.29) is 5.97 Å². The average Bonchev–Trinajstić information content (AvgIpc) is 2.65. The van der Waals surface area contributed by atoms with Gasteiger partial charge < -0.3 is 4.74 Å². The number of ether oxygens (including phenoxy) is 1. The number of esters is 1. The SMILES string of the molecule is CCCCCCCCCCCCCC=Cc1ccc(C(=O)OC)cc1. The third kappa shape index (κ3) is 10.8. The summed E-state index contributed by atoms with van der Waals surface area (Å²) in [5, 5.41) is 0. The second-order valence-corrected chi connectivity index (χ2v) is 6.84. The van der Waals surface area contributed by atoms with Crippen molar-refractivity contribution in [2.24, 2.45) is 0 Å². The van der Waals surface area contributed by atoms with Gasteiger partial charge in [-0.25, -0.2) is 4.79 Å². The van der Waals surface area contributed by atoms with E-state index in [9.17, 15) is 4.79 Å². The highest BCUT2D eigenvalue weighted by Gasteiger charge is 2.02. The summed E-state index contributed by atoms with van der Waals surface area (Å²) in [4.78, 5) is 11.4. The van der Waals surface area contributed by atoms with E-state index in [1.165, 1.54) is 77.7 Å². The highest BCUT2D eigenvalue weighted by atomic mass is 16.5. The fourth-order valence-electron chi connectivity index (χ4n) is 2.99. The summed E-state index contributed by atoms with van der Waals surface area (Å²) in [6.07, 6.45) is 20.7. The second kappa shape index (κ2) is 14.7. The molecule has 2 nitrogen and oxygen atoms in total. The molecule has 1 aromatic carbocycles. The highest BCUT2D eigenvalue weighted by molar-refractivity contribution is 5.89. The van der Waals surface area contributed by atoms with Crippen LogP contribution in [0.15, 0.2) is 30.3 Å². The minimum absolute atomic E-state index is 0.281. The number of methoxy groups -OCH3 is 1. The van der Waals surface area contributed by atoms with Crippen molar-refractivity contribution in [3.8, 4) is 0 Å². The van der Waals surface area contributed by atoms with Gasteiger partial charge in [-0.2, -0.15) is 0 Å². The lowest BCUT2D eigenvalue weighted by Gasteiger charge is -2.02. The van der Waals surface area contributed by atoms with E-state index < -0.39 is 0 Å². The number of hydrogen-bond acceptors (Lipinski definition) is 2. The minimum Gasteiger partial charge on any atom is -0.465 e. The van der Waals surface area contributed by atoms with Gasteiger partial charge in [0.05, 0.1) is 12.7 Å². The Hall–Kier alpha value is -1.57. The first-order valence-electron chi connectivity index (χ1n) is 10.1. The minimum atomic E-state index is -0.281. The molecule has 0 fully saturated rings. The number of allylic oxidation sites excluding steroid dienone is 1. The van der Waals surface area contributed by atoms with E-state index in [1.807, 2.05) is 24.3 Å². The zero-order chi connectivity index (χ0) is 18.2. The van der Waals surface area contributed by atoms with Crippen LogP contribution in [0.4, 0.5) is 0 Å². The molecule has 0 aliphatic rings. The Bertz CT molecular complexity index is 473. The molecule has 0 bridgehead atoms. The maximum absolute atomic E-state index is 11.4. The molecule has 1 rings (SSSR count). The maximum Gasteiger partial charge on any atom is 0.337 e. The molecule has 0 spiro atoms. The van der Waals surface area contributed by atoms with E-state index in [0.29, 0.717) is 5.56 Å². The van der Waals surface area contributed by atoms with Crippen LogP contribution in [0.3, 0.4) is 0 Å². The molecule has 0 amide bonds. The quantitative estimate of drug-likeness (QED) is 0.264. The normalized spacial score (nSPS) is 11.1. The lowest BCUT2D eigenvalue weighted by atomic mass is 10.0. The lowest BCUT2D eigenvalue weighted by molar-refractivity contribution is 0.0600. The number of unbranched alkanes of at least 4 members (excludes halogenated alkanes) is 11. The first-order valence-corrected chi connectivity index (χ1v) is 10.1. The van der Waals surface area contributed by atoms with Crippen molar-refractivity contribution in [3.63, 3.8) is 0 Å². The molecule has 0 saturated carbocycles. The number of rotatable bonds is 14. The van der Waals surface area contributed by atoms with E-state index in [2.05, 4.69) is 19.1 Å². The molecular weight excluding hydrogens is 308 g/mol. The van der Waals surface area contributed by atoms with Gasteiger partial charge >= 0.3 is 5.97 Å². The maximum atomic E-state index is 11.4. The van der Waals surface area contributed by atoms with Crippen molar-refractivity contribution in [1.82, 2.24) is 0 Å². The number of carbonyl (C=O) groups is 1. The van der Waals surface area contributed by atoms with Crippen molar-refractivity contribution in [2.45, 2.75) is 84.0 Å². The molecule has 0 saturated heterocycles. The Balaban J connectivity index is 1.99. The van der Waals surface area contributed by atoms with Gasteiger partial charge in [0.1, 0.15) is 0 Å². The predicted molar refractivity (Wildman–Crippen MR) is 108 cm³/mol. The van der Waals surface area contributed by atoms with Crippen LogP contribution in [0.2, 0.25) is 0 Å². The van der Waals surface area contributed by atoms with Gasteiger partial charge in [-0.1, -0.05) is 95.4 Å². The van der Waals surface area contributed by atoms with Crippen LogP contribution in [-0.4, -0.2) is 13.1 Å². The van der Waals surface area contributed by atoms with Crippen molar-refractivity contribution in [3.05, 3.63) is 41.5 Å². The van der Waals surface area contributed by atoms with Crippen molar-refractivity contribution in [2.75, 3.05) is 7.11 Å². The number of benzene rings is 1. The van der Waals surface area contributed by atoms with E-state index in [1.54, 1.807) is 0 Å². The fraction of sp³-hybridized carbons (Fsp3) is 0.609. The molecule has 140 valence electrons. The molecule has 0 heterocycles. The smallest absolute Gasteiger partial charge is 0.337 e. The second-order valence-electron chi connectivity index (χ2n) is 6.84. The fourth-order valence-corrected chi connectivity index (χ4v) is 2.99. The highest BCUT2D eigenvalue weighted by Crippen LogP contribution is 2.13. The first kappa shape index (κ1) is 21.5. The molecule has 0 N–H and O–H groups in total. The summed E-state index contributed by atoms with van der Waals surface area (Å²) in [5.41, 5.74) is 1.74. The van der Waals surface area contributed by atoms with Crippen LogP contribution in [0.1, 0.15) is 99.9 Å². The molecule has 2 heteroatoms. The van der Waals surface area contributed by atoms with Gasteiger partial charge in [0.2, 0.25) is 0 Å². The summed E-state index contributed by atoms with van der Waals surface area (Å²) in [6.45, 7) is 2.27. The summed E-state index contributed by atoms with van der Waals surface area (Å²) in [6, 6.07) is 7.55. The first-order chi connectivity index (χ1) is 12.3. The van der Waals surface area contributed by atoms with Crippen LogP contribution < -0.4 is 0 Å². The molecule has 0 aromatic heterocycles. The zero-order valence-corrected chi connectivity index (χ0v) is 16.3. The molecule has 0 unspecified atom stereocenters. The van der Waals surface area contributed by atoms with Gasteiger partial charge in [-0.05, 0) is 30.5 Å². The van der Waals surface area contributed by atoms with Crippen LogP contribution >= 0.6 is 0 Å². The molecule has 25 heavy (non-hydrogen) atoms. The Morgan fingerprint density at radius 2 is 1.36 bits per heavy atom. The van der Waals surface area contributed by atoms with Crippen LogP contribution in [0, 0.1) is 0 Å². The van der Waals surface area contributed by atoms with E-state index in [0.717, 1.165) is 12.0 Å². The Kier molecular flexibility index (Phi) is 12.7. The lowest BCUT2D eigenvalue weighted by Crippen LogP contribution is -2.00. The van der Waals surface area contributed by atoms with Gasteiger partial charge in [0, 0.05) is 0 Å². The van der Waals surface area contributed by atoms with Gasteiger partial charge in [-0.15, -0.1) is 0 Å². The average molecular weight is 345 g/mol. The Labute approximate surface area is 154 Å². The van der Waals surface area contributed by atoms with Gasteiger partial charge in [0.15, 0.2) is 0 Å². The van der Waals surface area contributed by atoms with Crippen molar-refractivity contribution < 1.29 is 9.53 Å².